The molecule has 2 rings (SSSR count). The summed E-state index contributed by atoms with van der Waals surface area (Å²) in [5.41, 5.74) is -0.180. The van der Waals surface area contributed by atoms with Crippen molar-refractivity contribution < 1.29 is 13.6 Å². The SMILES string of the molecule is O=CC1(c2cc(F)cc(F)c2)CCCCC1. The van der Waals surface area contributed by atoms with Gasteiger partial charge in [-0.25, -0.2) is 8.78 Å². The quantitative estimate of drug-likeness (QED) is 0.704. The molecule has 0 bridgehead atoms. The van der Waals surface area contributed by atoms with Crippen molar-refractivity contribution in [3.63, 3.8) is 0 Å². The van der Waals surface area contributed by atoms with E-state index in [1.54, 1.807) is 0 Å². The number of halogens is 2. The normalized spacial score (nSPS) is 19.4. The Labute approximate surface area is 93.5 Å². The lowest BCUT2D eigenvalue weighted by Gasteiger charge is -2.32. The van der Waals surface area contributed by atoms with Gasteiger partial charge in [0.15, 0.2) is 0 Å². The number of hydrogen-bond acceptors (Lipinski definition) is 1. The third kappa shape index (κ3) is 1.99. The fourth-order valence-electron chi connectivity index (χ4n) is 2.50. The van der Waals surface area contributed by atoms with Gasteiger partial charge in [0.25, 0.3) is 0 Å². The summed E-state index contributed by atoms with van der Waals surface area (Å²) < 4.78 is 26.3. The third-order valence-corrected chi connectivity index (χ3v) is 3.41. The molecule has 1 aromatic carbocycles. The fraction of sp³-hybridized carbons (Fsp3) is 0.462. The summed E-state index contributed by atoms with van der Waals surface area (Å²) in [4.78, 5) is 11.3. The number of rotatable bonds is 2. The van der Waals surface area contributed by atoms with Gasteiger partial charge in [0.05, 0.1) is 5.41 Å². The zero-order chi connectivity index (χ0) is 11.6. The minimum atomic E-state index is -0.665. The highest BCUT2D eigenvalue weighted by molar-refractivity contribution is 5.68. The van der Waals surface area contributed by atoms with Gasteiger partial charge in [0.1, 0.15) is 17.9 Å². The van der Waals surface area contributed by atoms with Gasteiger partial charge in [-0.1, -0.05) is 19.3 Å². The first-order chi connectivity index (χ1) is 7.66. The maximum Gasteiger partial charge on any atom is 0.130 e. The molecule has 86 valence electrons. The zero-order valence-electron chi connectivity index (χ0n) is 9.01. The summed E-state index contributed by atoms with van der Waals surface area (Å²) in [7, 11) is 0. The van der Waals surface area contributed by atoms with Crippen molar-refractivity contribution in [2.45, 2.75) is 37.5 Å². The first-order valence-corrected chi connectivity index (χ1v) is 5.59. The Bertz CT molecular complexity index is 375. The smallest absolute Gasteiger partial charge is 0.130 e. The summed E-state index contributed by atoms with van der Waals surface area (Å²) in [6.45, 7) is 0. The molecule has 0 heterocycles. The first kappa shape index (κ1) is 11.2. The van der Waals surface area contributed by atoms with E-state index in [-0.39, 0.29) is 0 Å². The van der Waals surface area contributed by atoms with Crippen molar-refractivity contribution in [3.8, 4) is 0 Å². The van der Waals surface area contributed by atoms with Gasteiger partial charge in [0.2, 0.25) is 0 Å². The molecule has 0 spiro atoms. The lowest BCUT2D eigenvalue weighted by atomic mass is 9.70. The Balaban J connectivity index is 2.42. The molecule has 0 atom stereocenters. The fourth-order valence-corrected chi connectivity index (χ4v) is 2.50. The van der Waals surface area contributed by atoms with E-state index >= 15 is 0 Å². The van der Waals surface area contributed by atoms with Gasteiger partial charge in [-0.3, -0.25) is 0 Å². The highest BCUT2D eigenvalue weighted by Crippen LogP contribution is 2.38. The Morgan fingerprint density at radius 3 is 2.06 bits per heavy atom. The van der Waals surface area contributed by atoms with Crippen LogP contribution in [0.3, 0.4) is 0 Å². The number of carbonyl (C=O) groups excluding carboxylic acids is 1. The maximum absolute atomic E-state index is 13.1. The average Bonchev–Trinajstić information content (AvgIpc) is 2.28. The van der Waals surface area contributed by atoms with Crippen LogP contribution in [0.15, 0.2) is 18.2 Å². The molecule has 0 aliphatic heterocycles. The number of hydrogen-bond donors (Lipinski definition) is 0. The zero-order valence-corrected chi connectivity index (χ0v) is 9.01. The van der Waals surface area contributed by atoms with Crippen LogP contribution in [0.4, 0.5) is 8.78 Å². The molecule has 0 amide bonds. The standard InChI is InChI=1S/C13H14F2O/c14-11-6-10(7-12(15)8-11)13(9-16)4-2-1-3-5-13/h6-9H,1-5H2. The van der Waals surface area contributed by atoms with Crippen LogP contribution in [0.2, 0.25) is 0 Å². The Kier molecular flexibility index (Phi) is 3.03. The number of carbonyl (C=O) groups is 1. The molecule has 1 aromatic rings. The van der Waals surface area contributed by atoms with E-state index in [0.29, 0.717) is 18.4 Å². The molecule has 0 radical (unpaired) electrons. The minimum absolute atomic E-state index is 0.486. The van der Waals surface area contributed by atoms with Crippen LogP contribution in [-0.4, -0.2) is 6.29 Å². The Morgan fingerprint density at radius 2 is 1.56 bits per heavy atom. The average molecular weight is 224 g/mol. The molecule has 0 unspecified atom stereocenters. The Hall–Kier alpha value is -1.25. The molecule has 1 aliphatic rings. The lowest BCUT2D eigenvalue weighted by molar-refractivity contribution is -0.113. The minimum Gasteiger partial charge on any atom is -0.302 e. The lowest BCUT2D eigenvalue weighted by Crippen LogP contribution is -2.30. The van der Waals surface area contributed by atoms with E-state index in [9.17, 15) is 13.6 Å². The summed E-state index contributed by atoms with van der Waals surface area (Å²) in [6, 6.07) is 3.40. The number of benzene rings is 1. The van der Waals surface area contributed by atoms with Crippen LogP contribution in [0.25, 0.3) is 0 Å². The van der Waals surface area contributed by atoms with Gasteiger partial charge in [-0.05, 0) is 30.5 Å². The van der Waals surface area contributed by atoms with Crippen molar-refractivity contribution in [1.29, 1.82) is 0 Å². The van der Waals surface area contributed by atoms with Crippen molar-refractivity contribution in [2.24, 2.45) is 0 Å². The highest BCUT2D eigenvalue weighted by atomic mass is 19.1. The van der Waals surface area contributed by atoms with Crippen molar-refractivity contribution in [3.05, 3.63) is 35.4 Å². The summed E-state index contributed by atoms with van der Waals surface area (Å²) in [5.74, 6) is -1.22. The van der Waals surface area contributed by atoms with Crippen LogP contribution in [0, 0.1) is 11.6 Å². The van der Waals surface area contributed by atoms with Crippen LogP contribution in [0.1, 0.15) is 37.7 Å². The van der Waals surface area contributed by atoms with E-state index in [1.165, 1.54) is 12.1 Å². The molecule has 16 heavy (non-hydrogen) atoms. The molecule has 1 nitrogen and oxygen atoms in total. The van der Waals surface area contributed by atoms with Gasteiger partial charge in [-0.15, -0.1) is 0 Å². The molecule has 0 N–H and O–H groups in total. The maximum atomic E-state index is 13.1. The van der Waals surface area contributed by atoms with Crippen LogP contribution in [-0.2, 0) is 10.2 Å². The van der Waals surface area contributed by atoms with E-state index in [1.807, 2.05) is 0 Å². The molecule has 0 saturated heterocycles. The van der Waals surface area contributed by atoms with E-state index in [2.05, 4.69) is 0 Å². The second-order valence-corrected chi connectivity index (χ2v) is 4.49. The third-order valence-electron chi connectivity index (χ3n) is 3.41. The molecular weight excluding hydrogens is 210 g/mol. The van der Waals surface area contributed by atoms with Crippen molar-refractivity contribution >= 4 is 6.29 Å². The molecular formula is C13H14F2O. The van der Waals surface area contributed by atoms with Gasteiger partial charge < -0.3 is 4.79 Å². The molecule has 3 heteroatoms. The molecule has 1 aliphatic carbocycles. The predicted molar refractivity (Wildman–Crippen MR) is 57.2 cm³/mol. The van der Waals surface area contributed by atoms with E-state index < -0.39 is 17.0 Å². The topological polar surface area (TPSA) is 17.1 Å². The number of aldehydes is 1. The first-order valence-electron chi connectivity index (χ1n) is 5.59. The van der Waals surface area contributed by atoms with Gasteiger partial charge in [0, 0.05) is 6.07 Å². The van der Waals surface area contributed by atoms with E-state index in [0.717, 1.165) is 31.6 Å². The Morgan fingerprint density at radius 1 is 1.00 bits per heavy atom. The summed E-state index contributed by atoms with van der Waals surface area (Å²) >= 11 is 0. The summed E-state index contributed by atoms with van der Waals surface area (Å²) in [5, 5.41) is 0. The second-order valence-electron chi connectivity index (χ2n) is 4.49. The largest absolute Gasteiger partial charge is 0.302 e. The molecule has 1 saturated carbocycles. The van der Waals surface area contributed by atoms with Crippen LogP contribution < -0.4 is 0 Å². The van der Waals surface area contributed by atoms with Crippen LogP contribution in [0.5, 0.6) is 0 Å². The molecule has 0 aromatic heterocycles. The van der Waals surface area contributed by atoms with E-state index in [4.69, 9.17) is 0 Å². The second kappa shape index (κ2) is 4.32. The van der Waals surface area contributed by atoms with Crippen molar-refractivity contribution in [1.82, 2.24) is 0 Å². The van der Waals surface area contributed by atoms with Gasteiger partial charge >= 0.3 is 0 Å². The highest BCUT2D eigenvalue weighted by Gasteiger charge is 2.34. The summed E-state index contributed by atoms with van der Waals surface area (Å²) in [6.07, 6.45) is 5.22. The predicted octanol–water partition coefficient (Wildman–Crippen LogP) is 3.37. The monoisotopic (exact) mass is 224 g/mol. The van der Waals surface area contributed by atoms with Crippen LogP contribution >= 0.6 is 0 Å². The molecule has 1 fully saturated rings. The van der Waals surface area contributed by atoms with Crippen molar-refractivity contribution in [2.75, 3.05) is 0 Å². The van der Waals surface area contributed by atoms with Gasteiger partial charge in [-0.2, -0.15) is 0 Å².